The Labute approximate surface area is 127 Å². The highest BCUT2D eigenvalue weighted by Gasteiger charge is 2.05. The number of nitrogens with two attached hydrogens (primary N) is 1. The van der Waals surface area contributed by atoms with E-state index in [9.17, 15) is 0 Å². The molecule has 0 spiro atoms. The molecular formula is C15H17IN2O. The van der Waals surface area contributed by atoms with Crippen molar-refractivity contribution in [3.8, 4) is 5.75 Å². The minimum Gasteiger partial charge on any atom is -0.489 e. The van der Waals surface area contributed by atoms with Crippen LogP contribution in [0.15, 0.2) is 42.5 Å². The Bertz CT molecular complexity index is 570. The fourth-order valence-electron chi connectivity index (χ4n) is 1.70. The third-order valence-corrected chi connectivity index (χ3v) is 3.16. The summed E-state index contributed by atoms with van der Waals surface area (Å²) < 4.78 is 6.87. The largest absolute Gasteiger partial charge is 0.489 e. The predicted octanol–water partition coefficient (Wildman–Crippen LogP) is 4.40. The molecule has 0 aliphatic rings. The van der Waals surface area contributed by atoms with Crippen LogP contribution >= 0.6 is 22.6 Å². The highest BCUT2D eigenvalue weighted by atomic mass is 127. The van der Waals surface area contributed by atoms with Crippen LogP contribution in [0.1, 0.15) is 13.8 Å². The number of rotatable bonds is 4. The maximum atomic E-state index is 5.90. The molecule has 0 radical (unpaired) electrons. The average Bonchev–Trinajstić information content (AvgIpc) is 2.33. The summed E-state index contributed by atoms with van der Waals surface area (Å²) in [6.07, 6.45) is 0.107. The molecule has 100 valence electrons. The first-order chi connectivity index (χ1) is 9.04. The predicted molar refractivity (Wildman–Crippen MR) is 89.1 cm³/mol. The van der Waals surface area contributed by atoms with Crippen molar-refractivity contribution in [3.63, 3.8) is 0 Å². The second-order valence-corrected chi connectivity index (χ2v) is 5.80. The van der Waals surface area contributed by atoms with Crippen molar-refractivity contribution >= 4 is 39.7 Å². The fraction of sp³-hybridized carbons (Fsp3) is 0.200. The molecule has 2 aromatic carbocycles. The van der Waals surface area contributed by atoms with Gasteiger partial charge in [0.25, 0.3) is 0 Å². The number of ether oxygens (including phenoxy) is 1. The van der Waals surface area contributed by atoms with Gasteiger partial charge in [0, 0.05) is 21.0 Å². The molecule has 0 saturated heterocycles. The molecule has 0 amide bonds. The van der Waals surface area contributed by atoms with Gasteiger partial charge in [-0.15, -0.1) is 0 Å². The minimum atomic E-state index is 0.107. The SMILES string of the molecule is CC(C)Oc1cc(Nc2cccc(I)c2)ccc1N. The molecule has 0 aromatic heterocycles. The van der Waals surface area contributed by atoms with E-state index in [2.05, 4.69) is 40.0 Å². The fourth-order valence-corrected chi connectivity index (χ4v) is 2.24. The lowest BCUT2D eigenvalue weighted by molar-refractivity contribution is 0.244. The van der Waals surface area contributed by atoms with Gasteiger partial charge in [-0.25, -0.2) is 0 Å². The lowest BCUT2D eigenvalue weighted by Crippen LogP contribution is -2.07. The average molecular weight is 368 g/mol. The molecule has 19 heavy (non-hydrogen) atoms. The van der Waals surface area contributed by atoms with Crippen LogP contribution < -0.4 is 15.8 Å². The Morgan fingerprint density at radius 2 is 1.84 bits per heavy atom. The van der Waals surface area contributed by atoms with Gasteiger partial charge in [0.1, 0.15) is 5.75 Å². The van der Waals surface area contributed by atoms with Crippen LogP contribution in [0.2, 0.25) is 0 Å². The smallest absolute Gasteiger partial charge is 0.144 e. The Balaban J connectivity index is 2.21. The van der Waals surface area contributed by atoms with Crippen molar-refractivity contribution in [1.82, 2.24) is 0 Å². The Kier molecular flexibility index (Phi) is 4.52. The number of hydrogen-bond donors (Lipinski definition) is 2. The molecule has 3 N–H and O–H groups in total. The monoisotopic (exact) mass is 368 g/mol. The first kappa shape index (κ1) is 14.0. The standard InChI is InChI=1S/C15H17IN2O/c1-10(2)19-15-9-13(6-7-14(15)17)18-12-5-3-4-11(16)8-12/h3-10,18H,17H2,1-2H3. The third-order valence-electron chi connectivity index (χ3n) is 2.49. The second-order valence-electron chi connectivity index (χ2n) is 4.55. The molecular weight excluding hydrogens is 351 g/mol. The summed E-state index contributed by atoms with van der Waals surface area (Å²) in [5, 5.41) is 3.35. The highest BCUT2D eigenvalue weighted by molar-refractivity contribution is 14.1. The summed E-state index contributed by atoms with van der Waals surface area (Å²) in [5.74, 6) is 0.714. The van der Waals surface area contributed by atoms with E-state index in [1.807, 2.05) is 44.2 Å². The van der Waals surface area contributed by atoms with E-state index in [1.165, 1.54) is 3.57 Å². The first-order valence-corrected chi connectivity index (χ1v) is 7.21. The normalized spacial score (nSPS) is 10.5. The molecule has 2 aromatic rings. The molecule has 0 bridgehead atoms. The molecule has 3 nitrogen and oxygen atoms in total. The van der Waals surface area contributed by atoms with Crippen molar-refractivity contribution in [2.45, 2.75) is 20.0 Å². The topological polar surface area (TPSA) is 47.3 Å². The third kappa shape index (κ3) is 4.02. The van der Waals surface area contributed by atoms with Gasteiger partial charge < -0.3 is 15.8 Å². The summed E-state index contributed by atoms with van der Waals surface area (Å²) in [7, 11) is 0. The molecule has 0 aliphatic heterocycles. The number of nitrogens with one attached hydrogen (secondary N) is 1. The zero-order valence-electron chi connectivity index (χ0n) is 11.0. The minimum absolute atomic E-state index is 0.107. The van der Waals surface area contributed by atoms with Gasteiger partial charge in [0.15, 0.2) is 0 Å². The van der Waals surface area contributed by atoms with E-state index < -0.39 is 0 Å². The van der Waals surface area contributed by atoms with Gasteiger partial charge in [-0.1, -0.05) is 6.07 Å². The van der Waals surface area contributed by atoms with Gasteiger partial charge in [-0.05, 0) is 66.8 Å². The molecule has 0 aliphatic carbocycles. The number of benzene rings is 2. The van der Waals surface area contributed by atoms with Gasteiger partial charge >= 0.3 is 0 Å². The van der Waals surface area contributed by atoms with E-state index in [4.69, 9.17) is 10.5 Å². The maximum Gasteiger partial charge on any atom is 0.144 e. The number of hydrogen-bond acceptors (Lipinski definition) is 3. The van der Waals surface area contributed by atoms with E-state index in [-0.39, 0.29) is 6.10 Å². The van der Waals surface area contributed by atoms with Crippen LogP contribution in [0.25, 0.3) is 0 Å². The van der Waals surface area contributed by atoms with Gasteiger partial charge in [-0.2, -0.15) is 0 Å². The quantitative estimate of drug-likeness (QED) is 0.621. The van der Waals surface area contributed by atoms with Crippen LogP contribution in [-0.4, -0.2) is 6.10 Å². The van der Waals surface area contributed by atoms with Crippen LogP contribution in [-0.2, 0) is 0 Å². The van der Waals surface area contributed by atoms with Crippen molar-refractivity contribution in [2.24, 2.45) is 0 Å². The second kappa shape index (κ2) is 6.14. The summed E-state index contributed by atoms with van der Waals surface area (Å²) in [5.41, 5.74) is 8.57. The molecule has 0 saturated carbocycles. The van der Waals surface area contributed by atoms with Crippen LogP contribution in [0.3, 0.4) is 0 Å². The number of halogens is 1. The van der Waals surface area contributed by atoms with E-state index in [1.54, 1.807) is 0 Å². The molecule has 0 unspecified atom stereocenters. The lowest BCUT2D eigenvalue weighted by atomic mass is 10.2. The van der Waals surface area contributed by atoms with Crippen molar-refractivity contribution in [1.29, 1.82) is 0 Å². The van der Waals surface area contributed by atoms with Crippen LogP contribution in [0, 0.1) is 3.57 Å². The maximum absolute atomic E-state index is 5.90. The lowest BCUT2D eigenvalue weighted by Gasteiger charge is -2.14. The van der Waals surface area contributed by atoms with Crippen molar-refractivity contribution < 1.29 is 4.74 Å². The van der Waals surface area contributed by atoms with E-state index in [0.29, 0.717) is 11.4 Å². The van der Waals surface area contributed by atoms with Crippen LogP contribution in [0.5, 0.6) is 5.75 Å². The number of nitrogen functional groups attached to an aromatic ring is 1. The van der Waals surface area contributed by atoms with Gasteiger partial charge in [0.2, 0.25) is 0 Å². The zero-order chi connectivity index (χ0) is 13.8. The van der Waals surface area contributed by atoms with Crippen molar-refractivity contribution in [3.05, 3.63) is 46.0 Å². The molecule has 0 fully saturated rings. The van der Waals surface area contributed by atoms with Gasteiger partial charge in [-0.3, -0.25) is 0 Å². The van der Waals surface area contributed by atoms with E-state index >= 15 is 0 Å². The molecule has 0 heterocycles. The Morgan fingerprint density at radius 3 is 2.53 bits per heavy atom. The Hall–Kier alpha value is -1.43. The summed E-state index contributed by atoms with van der Waals surface area (Å²) in [6.45, 7) is 3.97. The Morgan fingerprint density at radius 1 is 1.11 bits per heavy atom. The van der Waals surface area contributed by atoms with Crippen LogP contribution in [0.4, 0.5) is 17.1 Å². The van der Waals surface area contributed by atoms with E-state index in [0.717, 1.165) is 11.4 Å². The summed E-state index contributed by atoms with van der Waals surface area (Å²) in [4.78, 5) is 0. The first-order valence-electron chi connectivity index (χ1n) is 6.13. The molecule has 4 heteroatoms. The zero-order valence-corrected chi connectivity index (χ0v) is 13.1. The highest BCUT2D eigenvalue weighted by Crippen LogP contribution is 2.28. The molecule has 0 atom stereocenters. The summed E-state index contributed by atoms with van der Waals surface area (Å²) >= 11 is 2.29. The van der Waals surface area contributed by atoms with Gasteiger partial charge in [0.05, 0.1) is 11.8 Å². The molecule has 2 rings (SSSR count). The number of anilines is 3. The van der Waals surface area contributed by atoms with Crippen molar-refractivity contribution in [2.75, 3.05) is 11.1 Å². The summed E-state index contributed by atoms with van der Waals surface area (Å²) in [6, 6.07) is 13.9.